The highest BCUT2D eigenvalue weighted by Crippen LogP contribution is 2.13. The molecule has 2 heterocycles. The van der Waals surface area contributed by atoms with Gasteiger partial charge in [0, 0.05) is 32.4 Å². The molecule has 0 saturated carbocycles. The van der Waals surface area contributed by atoms with Gasteiger partial charge in [0.2, 0.25) is 0 Å². The van der Waals surface area contributed by atoms with E-state index in [0.29, 0.717) is 19.0 Å². The van der Waals surface area contributed by atoms with Crippen molar-refractivity contribution in [3.8, 4) is 0 Å². The molecule has 0 aromatic carbocycles. The van der Waals surface area contributed by atoms with Crippen LogP contribution >= 0.6 is 0 Å². The highest BCUT2D eigenvalue weighted by atomic mass is 16.3. The molecule has 1 fully saturated rings. The van der Waals surface area contributed by atoms with E-state index >= 15 is 0 Å². The Hall–Kier alpha value is -0.910. The van der Waals surface area contributed by atoms with E-state index in [-0.39, 0.29) is 0 Å². The van der Waals surface area contributed by atoms with E-state index in [1.807, 2.05) is 12.5 Å². The number of imidazole rings is 1. The molecular formula is C13H24N4O. The van der Waals surface area contributed by atoms with E-state index in [0.717, 1.165) is 26.1 Å². The molecule has 102 valence electrons. The van der Waals surface area contributed by atoms with Gasteiger partial charge in [-0.3, -0.25) is 0 Å². The van der Waals surface area contributed by atoms with E-state index in [4.69, 9.17) is 0 Å². The molecule has 0 spiro atoms. The second-order valence-corrected chi connectivity index (χ2v) is 5.69. The maximum atomic E-state index is 10.2. The van der Waals surface area contributed by atoms with Gasteiger partial charge >= 0.3 is 0 Å². The topological polar surface area (TPSA) is 62.1 Å². The lowest BCUT2D eigenvalue weighted by atomic mass is 10.0. The fourth-order valence-electron chi connectivity index (χ4n) is 2.36. The average Bonchev–Trinajstić information content (AvgIpc) is 2.89. The zero-order valence-corrected chi connectivity index (χ0v) is 11.3. The van der Waals surface area contributed by atoms with E-state index in [1.54, 1.807) is 0 Å². The van der Waals surface area contributed by atoms with Crippen molar-refractivity contribution in [1.82, 2.24) is 20.2 Å². The third-order valence-electron chi connectivity index (χ3n) is 3.34. The first-order valence-corrected chi connectivity index (χ1v) is 6.72. The number of nitrogens with one attached hydrogen (secondary N) is 2. The SMILES string of the molecule is CC(C)Cn1cncc1CNC[C@]1(O)CCNC1. The molecule has 5 heteroatoms. The van der Waals surface area contributed by atoms with Gasteiger partial charge in [0.25, 0.3) is 0 Å². The smallest absolute Gasteiger partial charge is 0.0948 e. The first kappa shape index (κ1) is 13.5. The Kier molecular flexibility index (Phi) is 4.37. The number of hydrogen-bond acceptors (Lipinski definition) is 4. The molecule has 1 aliphatic rings. The standard InChI is InChI=1S/C13H24N4O/c1-11(2)7-17-10-16-6-12(17)5-15-9-13(18)3-4-14-8-13/h6,10-11,14-15,18H,3-5,7-9H2,1-2H3/t13-/m0/s1. The minimum Gasteiger partial charge on any atom is -0.387 e. The Morgan fingerprint density at radius 2 is 2.44 bits per heavy atom. The molecule has 0 radical (unpaired) electrons. The van der Waals surface area contributed by atoms with Crippen LogP contribution in [0, 0.1) is 5.92 Å². The lowest BCUT2D eigenvalue weighted by molar-refractivity contribution is 0.0607. The molecular weight excluding hydrogens is 228 g/mol. The minimum absolute atomic E-state index is 0.580. The molecule has 1 aromatic heterocycles. The van der Waals surface area contributed by atoms with Crippen molar-refractivity contribution in [2.45, 2.75) is 39.0 Å². The molecule has 0 unspecified atom stereocenters. The monoisotopic (exact) mass is 252 g/mol. The number of hydrogen-bond donors (Lipinski definition) is 3. The average molecular weight is 252 g/mol. The highest BCUT2D eigenvalue weighted by Gasteiger charge is 2.30. The van der Waals surface area contributed by atoms with Crippen LogP contribution in [0.25, 0.3) is 0 Å². The minimum atomic E-state index is -0.580. The van der Waals surface area contributed by atoms with Crippen LogP contribution in [0.3, 0.4) is 0 Å². The third-order valence-corrected chi connectivity index (χ3v) is 3.34. The molecule has 1 aliphatic heterocycles. The van der Waals surface area contributed by atoms with Gasteiger partial charge in [-0.05, 0) is 18.9 Å². The van der Waals surface area contributed by atoms with Crippen LogP contribution in [0.15, 0.2) is 12.5 Å². The Bertz CT molecular complexity index is 369. The first-order chi connectivity index (χ1) is 8.59. The fourth-order valence-corrected chi connectivity index (χ4v) is 2.36. The van der Waals surface area contributed by atoms with Crippen LogP contribution in [-0.4, -0.2) is 39.9 Å². The lowest BCUT2D eigenvalue weighted by Crippen LogP contribution is -2.42. The van der Waals surface area contributed by atoms with Crippen molar-refractivity contribution in [3.05, 3.63) is 18.2 Å². The summed E-state index contributed by atoms with van der Waals surface area (Å²) in [7, 11) is 0. The number of β-amino-alcohol motifs (C(OH)–C–C–N with tert-alkyl or cyclic N) is 1. The van der Waals surface area contributed by atoms with Crippen LogP contribution in [0.2, 0.25) is 0 Å². The number of nitrogens with zero attached hydrogens (tertiary/aromatic N) is 2. The normalized spacial score (nSPS) is 24.0. The van der Waals surface area contributed by atoms with Crippen molar-refractivity contribution < 1.29 is 5.11 Å². The molecule has 1 aromatic rings. The zero-order valence-electron chi connectivity index (χ0n) is 11.3. The second kappa shape index (κ2) is 5.82. The maximum absolute atomic E-state index is 10.2. The molecule has 3 N–H and O–H groups in total. The van der Waals surface area contributed by atoms with Gasteiger partial charge in [0.15, 0.2) is 0 Å². The van der Waals surface area contributed by atoms with Crippen molar-refractivity contribution >= 4 is 0 Å². The van der Waals surface area contributed by atoms with Crippen molar-refractivity contribution in [3.63, 3.8) is 0 Å². The van der Waals surface area contributed by atoms with E-state index in [1.165, 1.54) is 5.69 Å². The van der Waals surface area contributed by atoms with Crippen LogP contribution in [0.5, 0.6) is 0 Å². The summed E-state index contributed by atoms with van der Waals surface area (Å²) in [6.45, 7) is 8.37. The van der Waals surface area contributed by atoms with Gasteiger partial charge in [-0.15, -0.1) is 0 Å². The van der Waals surface area contributed by atoms with Gasteiger partial charge in [-0.25, -0.2) is 4.98 Å². The quantitative estimate of drug-likeness (QED) is 0.684. The van der Waals surface area contributed by atoms with Crippen molar-refractivity contribution in [2.75, 3.05) is 19.6 Å². The maximum Gasteiger partial charge on any atom is 0.0948 e. The zero-order chi connectivity index (χ0) is 13.0. The van der Waals surface area contributed by atoms with Crippen molar-refractivity contribution in [1.29, 1.82) is 0 Å². The molecule has 1 saturated heterocycles. The molecule has 0 bridgehead atoms. The predicted octanol–water partition coefficient (Wildman–Crippen LogP) is 0.353. The summed E-state index contributed by atoms with van der Waals surface area (Å²) in [5.74, 6) is 0.612. The van der Waals surface area contributed by atoms with Gasteiger partial charge in [0.1, 0.15) is 0 Å². The lowest BCUT2D eigenvalue weighted by Gasteiger charge is -2.22. The largest absolute Gasteiger partial charge is 0.387 e. The van der Waals surface area contributed by atoms with Gasteiger partial charge in [-0.2, -0.15) is 0 Å². The summed E-state index contributed by atoms with van der Waals surface area (Å²) in [5.41, 5.74) is 0.598. The van der Waals surface area contributed by atoms with Crippen LogP contribution in [0.1, 0.15) is 26.0 Å². The summed E-state index contributed by atoms with van der Waals surface area (Å²) in [5, 5.41) is 16.7. The van der Waals surface area contributed by atoms with Gasteiger partial charge in [0.05, 0.1) is 17.6 Å². The number of aliphatic hydroxyl groups is 1. The van der Waals surface area contributed by atoms with Gasteiger partial charge < -0.3 is 20.3 Å². The van der Waals surface area contributed by atoms with E-state index in [9.17, 15) is 5.11 Å². The Labute approximate surface area is 109 Å². The summed E-state index contributed by atoms with van der Waals surface area (Å²) in [6.07, 6.45) is 4.60. The fraction of sp³-hybridized carbons (Fsp3) is 0.769. The summed E-state index contributed by atoms with van der Waals surface area (Å²) >= 11 is 0. The van der Waals surface area contributed by atoms with Crippen LogP contribution in [-0.2, 0) is 13.1 Å². The van der Waals surface area contributed by atoms with E-state index in [2.05, 4.69) is 34.0 Å². The summed E-state index contributed by atoms with van der Waals surface area (Å²) < 4.78 is 2.18. The van der Waals surface area contributed by atoms with Gasteiger partial charge in [-0.1, -0.05) is 13.8 Å². The first-order valence-electron chi connectivity index (χ1n) is 6.72. The predicted molar refractivity (Wildman–Crippen MR) is 71.2 cm³/mol. The highest BCUT2D eigenvalue weighted by molar-refractivity contribution is 4.99. The number of rotatable bonds is 6. The summed E-state index contributed by atoms with van der Waals surface area (Å²) in [4.78, 5) is 4.19. The molecule has 2 rings (SSSR count). The molecule has 1 atom stereocenters. The second-order valence-electron chi connectivity index (χ2n) is 5.69. The molecule has 18 heavy (non-hydrogen) atoms. The van der Waals surface area contributed by atoms with E-state index < -0.39 is 5.60 Å². The number of aromatic nitrogens is 2. The third kappa shape index (κ3) is 3.54. The Balaban J connectivity index is 1.81. The molecule has 5 nitrogen and oxygen atoms in total. The molecule has 0 aliphatic carbocycles. The molecule has 0 amide bonds. The summed E-state index contributed by atoms with van der Waals surface area (Å²) in [6, 6.07) is 0. The van der Waals surface area contributed by atoms with Crippen LogP contribution < -0.4 is 10.6 Å². The Morgan fingerprint density at radius 3 is 3.11 bits per heavy atom. The van der Waals surface area contributed by atoms with Crippen molar-refractivity contribution in [2.24, 2.45) is 5.92 Å². The van der Waals surface area contributed by atoms with Crippen LogP contribution in [0.4, 0.5) is 0 Å². The Morgan fingerprint density at radius 1 is 1.61 bits per heavy atom.